The molecule has 0 aliphatic heterocycles. The van der Waals surface area contributed by atoms with Crippen molar-refractivity contribution in [3.8, 4) is 5.75 Å². The molecule has 5 heteroatoms. The predicted molar refractivity (Wildman–Crippen MR) is 96.2 cm³/mol. The minimum atomic E-state index is 0.111. The maximum Gasteiger partial charge on any atom is 0.147 e. The third-order valence-corrected chi connectivity index (χ3v) is 5.00. The Morgan fingerprint density at radius 2 is 2.17 bits per heavy atom. The molecule has 0 radical (unpaired) electrons. The molecule has 1 heterocycles. The average Bonchev–Trinajstić information content (AvgIpc) is 3.05. The molecule has 1 atom stereocenters. The first-order valence-electron chi connectivity index (χ1n) is 9.24. The van der Waals surface area contributed by atoms with Crippen LogP contribution in [-0.2, 0) is 6.54 Å². The van der Waals surface area contributed by atoms with E-state index in [1.165, 1.54) is 32.1 Å². The summed E-state index contributed by atoms with van der Waals surface area (Å²) in [6.45, 7) is 3.62. The van der Waals surface area contributed by atoms with Crippen molar-refractivity contribution >= 4 is 11.0 Å². The first kappa shape index (κ1) is 17.2. The molecule has 1 aliphatic rings. The number of aliphatic hydroxyl groups is 1. The van der Waals surface area contributed by atoms with Gasteiger partial charge in [0.1, 0.15) is 17.1 Å². The Bertz CT molecular complexity index is 631. The molecule has 132 valence electrons. The van der Waals surface area contributed by atoms with E-state index in [1.807, 2.05) is 18.2 Å². The molecule has 1 saturated carbocycles. The fraction of sp³-hybridized carbons (Fsp3) is 0.632. The summed E-state index contributed by atoms with van der Waals surface area (Å²) in [5.74, 6) is 2.43. The highest BCUT2D eigenvalue weighted by Gasteiger charge is 2.15. The maximum atomic E-state index is 9.27. The lowest BCUT2D eigenvalue weighted by Crippen LogP contribution is -2.31. The number of ether oxygens (including phenoxy) is 1. The fourth-order valence-electron chi connectivity index (χ4n) is 3.40. The van der Waals surface area contributed by atoms with Crippen LogP contribution in [0.4, 0.5) is 0 Å². The second-order valence-corrected chi connectivity index (χ2v) is 6.82. The van der Waals surface area contributed by atoms with E-state index in [2.05, 4.69) is 17.2 Å². The third kappa shape index (κ3) is 4.28. The van der Waals surface area contributed by atoms with Gasteiger partial charge >= 0.3 is 0 Å². The Morgan fingerprint density at radius 3 is 2.92 bits per heavy atom. The molecule has 3 N–H and O–H groups in total. The van der Waals surface area contributed by atoms with Gasteiger partial charge in [-0.2, -0.15) is 0 Å². The van der Waals surface area contributed by atoms with Crippen LogP contribution in [0, 0.1) is 5.92 Å². The topological polar surface area (TPSA) is 70.2 Å². The van der Waals surface area contributed by atoms with E-state index in [0.29, 0.717) is 12.5 Å². The highest BCUT2D eigenvalue weighted by Crippen LogP contribution is 2.27. The SMILES string of the molecule is CCC(CO)NCc1nc2c(OCC3CCCCC3)cccc2[nH]1. The summed E-state index contributed by atoms with van der Waals surface area (Å²) >= 11 is 0. The fourth-order valence-corrected chi connectivity index (χ4v) is 3.40. The van der Waals surface area contributed by atoms with Gasteiger partial charge in [-0.1, -0.05) is 32.3 Å². The van der Waals surface area contributed by atoms with Gasteiger partial charge in [-0.15, -0.1) is 0 Å². The van der Waals surface area contributed by atoms with Crippen molar-refractivity contribution < 1.29 is 9.84 Å². The van der Waals surface area contributed by atoms with Gasteiger partial charge in [0.2, 0.25) is 0 Å². The standard InChI is InChI=1S/C19H29N3O2/c1-2-15(12-23)20-11-18-21-16-9-6-10-17(19(16)22-18)24-13-14-7-4-3-5-8-14/h6,9-10,14-15,20,23H,2-5,7-8,11-13H2,1H3,(H,21,22). The number of aliphatic hydroxyl groups excluding tert-OH is 1. The summed E-state index contributed by atoms with van der Waals surface area (Å²) in [7, 11) is 0. The van der Waals surface area contributed by atoms with E-state index in [9.17, 15) is 5.11 Å². The van der Waals surface area contributed by atoms with Crippen LogP contribution in [0.15, 0.2) is 18.2 Å². The number of benzene rings is 1. The van der Waals surface area contributed by atoms with E-state index in [0.717, 1.165) is 35.6 Å². The van der Waals surface area contributed by atoms with Crippen LogP contribution in [0.3, 0.4) is 0 Å². The van der Waals surface area contributed by atoms with Gasteiger partial charge in [0.25, 0.3) is 0 Å². The summed E-state index contributed by atoms with van der Waals surface area (Å²) in [6.07, 6.45) is 7.50. The van der Waals surface area contributed by atoms with Crippen molar-refractivity contribution in [2.75, 3.05) is 13.2 Å². The number of fused-ring (bicyclic) bond motifs is 1. The highest BCUT2D eigenvalue weighted by atomic mass is 16.5. The molecule has 1 aromatic carbocycles. The molecule has 0 spiro atoms. The van der Waals surface area contributed by atoms with Crippen LogP contribution < -0.4 is 10.1 Å². The molecule has 0 saturated heterocycles. The predicted octanol–water partition coefficient (Wildman–Crippen LogP) is 3.38. The van der Waals surface area contributed by atoms with Crippen LogP contribution in [0.2, 0.25) is 0 Å². The molecular weight excluding hydrogens is 302 g/mol. The maximum absolute atomic E-state index is 9.27. The second-order valence-electron chi connectivity index (χ2n) is 6.82. The molecule has 1 fully saturated rings. The normalized spacial score (nSPS) is 17.2. The van der Waals surface area contributed by atoms with Crippen molar-refractivity contribution in [2.45, 2.75) is 58.0 Å². The Hall–Kier alpha value is -1.59. The molecule has 1 aromatic heterocycles. The lowest BCUT2D eigenvalue weighted by molar-refractivity contribution is 0.210. The minimum absolute atomic E-state index is 0.111. The van der Waals surface area contributed by atoms with Crippen LogP contribution in [0.5, 0.6) is 5.75 Å². The van der Waals surface area contributed by atoms with Crippen molar-refractivity contribution in [1.82, 2.24) is 15.3 Å². The molecule has 24 heavy (non-hydrogen) atoms. The van der Waals surface area contributed by atoms with Gasteiger partial charge in [0, 0.05) is 6.04 Å². The molecule has 1 unspecified atom stereocenters. The average molecular weight is 331 g/mol. The number of rotatable bonds is 8. The summed E-state index contributed by atoms with van der Waals surface area (Å²) in [5.41, 5.74) is 1.91. The Kier molecular flexibility index (Phi) is 6.10. The lowest BCUT2D eigenvalue weighted by Gasteiger charge is -2.21. The summed E-state index contributed by atoms with van der Waals surface area (Å²) in [6, 6.07) is 6.16. The number of hydrogen-bond donors (Lipinski definition) is 3. The van der Waals surface area contributed by atoms with Gasteiger partial charge in [-0.3, -0.25) is 0 Å². The van der Waals surface area contributed by atoms with E-state index in [1.54, 1.807) is 0 Å². The van der Waals surface area contributed by atoms with Gasteiger partial charge in [0.05, 0.1) is 25.3 Å². The Morgan fingerprint density at radius 1 is 1.33 bits per heavy atom. The monoisotopic (exact) mass is 331 g/mol. The zero-order valence-electron chi connectivity index (χ0n) is 14.6. The second kappa shape index (κ2) is 8.49. The molecule has 3 rings (SSSR count). The van der Waals surface area contributed by atoms with Crippen molar-refractivity contribution in [1.29, 1.82) is 0 Å². The number of aromatic nitrogens is 2. The van der Waals surface area contributed by atoms with Crippen molar-refractivity contribution in [3.63, 3.8) is 0 Å². The van der Waals surface area contributed by atoms with Crippen LogP contribution >= 0.6 is 0 Å². The summed E-state index contributed by atoms with van der Waals surface area (Å²) in [4.78, 5) is 8.03. The first-order valence-corrected chi connectivity index (χ1v) is 9.24. The number of para-hydroxylation sites is 1. The van der Waals surface area contributed by atoms with Gasteiger partial charge in [-0.05, 0) is 37.3 Å². The van der Waals surface area contributed by atoms with E-state index < -0.39 is 0 Å². The molecule has 0 amide bonds. The van der Waals surface area contributed by atoms with E-state index in [-0.39, 0.29) is 12.6 Å². The number of imidazole rings is 1. The third-order valence-electron chi connectivity index (χ3n) is 5.00. The Labute approximate surface area is 143 Å². The zero-order valence-corrected chi connectivity index (χ0v) is 14.6. The lowest BCUT2D eigenvalue weighted by atomic mass is 9.90. The Balaban J connectivity index is 1.65. The van der Waals surface area contributed by atoms with Crippen molar-refractivity contribution in [3.05, 3.63) is 24.0 Å². The number of nitrogens with one attached hydrogen (secondary N) is 2. The number of aromatic amines is 1. The summed E-state index contributed by atoms with van der Waals surface area (Å²) in [5, 5.41) is 12.6. The molecule has 1 aliphatic carbocycles. The van der Waals surface area contributed by atoms with Crippen LogP contribution in [0.25, 0.3) is 11.0 Å². The van der Waals surface area contributed by atoms with E-state index >= 15 is 0 Å². The molecule has 0 bridgehead atoms. The van der Waals surface area contributed by atoms with E-state index in [4.69, 9.17) is 9.72 Å². The van der Waals surface area contributed by atoms with Crippen molar-refractivity contribution in [2.24, 2.45) is 5.92 Å². The zero-order chi connectivity index (χ0) is 16.8. The molecule has 2 aromatic rings. The number of nitrogens with zero attached hydrogens (tertiary/aromatic N) is 1. The smallest absolute Gasteiger partial charge is 0.147 e. The quantitative estimate of drug-likeness (QED) is 0.693. The highest BCUT2D eigenvalue weighted by molar-refractivity contribution is 5.81. The summed E-state index contributed by atoms with van der Waals surface area (Å²) < 4.78 is 6.10. The van der Waals surface area contributed by atoms with Gasteiger partial charge in [-0.25, -0.2) is 4.98 Å². The molecule has 5 nitrogen and oxygen atoms in total. The molecular formula is C19H29N3O2. The van der Waals surface area contributed by atoms with Crippen LogP contribution in [0.1, 0.15) is 51.3 Å². The largest absolute Gasteiger partial charge is 0.491 e. The van der Waals surface area contributed by atoms with Gasteiger partial charge < -0.3 is 20.1 Å². The first-order chi connectivity index (χ1) is 11.8. The number of H-pyrrole nitrogens is 1. The minimum Gasteiger partial charge on any atom is -0.491 e. The van der Waals surface area contributed by atoms with Crippen LogP contribution in [-0.4, -0.2) is 34.3 Å². The van der Waals surface area contributed by atoms with Gasteiger partial charge in [0.15, 0.2) is 0 Å². The number of hydrogen-bond acceptors (Lipinski definition) is 4.